The maximum atomic E-state index is 11.4. The van der Waals surface area contributed by atoms with Crippen molar-refractivity contribution in [2.24, 2.45) is 0 Å². The Labute approximate surface area is 100 Å². The first-order valence-electron chi connectivity index (χ1n) is 4.92. The first kappa shape index (κ1) is 11.8. The lowest BCUT2D eigenvalue weighted by atomic mass is 10.1. The Morgan fingerprint density at radius 3 is 2.72 bits per heavy atom. The van der Waals surface area contributed by atoms with Crippen LogP contribution in [-0.2, 0) is 4.74 Å². The van der Waals surface area contributed by atoms with Gasteiger partial charge in [-0.25, -0.2) is 4.79 Å². The molecule has 1 heterocycles. The molecule has 1 aromatic carbocycles. The summed E-state index contributed by atoms with van der Waals surface area (Å²) in [7, 11) is 1.19. The number of H-pyrrole nitrogens is 1. The van der Waals surface area contributed by atoms with Crippen LogP contribution < -0.4 is 5.56 Å². The summed E-state index contributed by atoms with van der Waals surface area (Å²) >= 11 is 0. The van der Waals surface area contributed by atoms with Gasteiger partial charge in [0.05, 0.1) is 17.6 Å². The van der Waals surface area contributed by atoms with E-state index in [1.165, 1.54) is 25.3 Å². The van der Waals surface area contributed by atoms with Crippen LogP contribution in [-0.4, -0.2) is 23.0 Å². The molecule has 0 atom stereocenters. The number of ether oxygens (including phenoxy) is 1. The Bertz CT molecular complexity index is 704. The molecule has 2 aromatic rings. The van der Waals surface area contributed by atoms with Crippen LogP contribution >= 0.6 is 0 Å². The summed E-state index contributed by atoms with van der Waals surface area (Å²) in [5.41, 5.74) is -0.647. The minimum Gasteiger partial charge on any atom is -0.465 e. The van der Waals surface area contributed by atoms with Gasteiger partial charge in [0.15, 0.2) is 0 Å². The van der Waals surface area contributed by atoms with Crippen LogP contribution in [0.1, 0.15) is 10.4 Å². The number of rotatable bonds is 2. The summed E-state index contributed by atoms with van der Waals surface area (Å²) < 4.78 is 4.51. The minimum atomic E-state index is -0.675. The molecule has 0 fully saturated rings. The molecule has 0 saturated carbocycles. The molecule has 7 nitrogen and oxygen atoms in total. The van der Waals surface area contributed by atoms with Crippen LogP contribution in [0.5, 0.6) is 0 Å². The maximum Gasteiger partial charge on any atom is 0.338 e. The molecule has 0 saturated heterocycles. The van der Waals surface area contributed by atoms with Gasteiger partial charge >= 0.3 is 5.97 Å². The van der Waals surface area contributed by atoms with Crippen molar-refractivity contribution < 1.29 is 14.5 Å². The van der Waals surface area contributed by atoms with E-state index in [0.29, 0.717) is 5.39 Å². The number of pyridine rings is 1. The van der Waals surface area contributed by atoms with Gasteiger partial charge < -0.3 is 9.72 Å². The van der Waals surface area contributed by atoms with Gasteiger partial charge in [-0.15, -0.1) is 0 Å². The van der Waals surface area contributed by atoms with Gasteiger partial charge in [-0.3, -0.25) is 14.9 Å². The lowest BCUT2D eigenvalue weighted by Crippen LogP contribution is -2.07. The highest BCUT2D eigenvalue weighted by molar-refractivity contribution is 5.98. The third kappa shape index (κ3) is 1.93. The number of esters is 1. The van der Waals surface area contributed by atoms with Gasteiger partial charge in [0.25, 0.3) is 5.69 Å². The van der Waals surface area contributed by atoms with Crippen molar-refractivity contribution in [3.63, 3.8) is 0 Å². The Kier molecular flexibility index (Phi) is 2.80. The third-order valence-corrected chi connectivity index (χ3v) is 2.43. The lowest BCUT2D eigenvalue weighted by molar-refractivity contribution is -0.383. The zero-order chi connectivity index (χ0) is 13.3. The van der Waals surface area contributed by atoms with E-state index in [0.717, 1.165) is 6.07 Å². The summed E-state index contributed by atoms with van der Waals surface area (Å²) in [5, 5.41) is 11.3. The summed E-state index contributed by atoms with van der Waals surface area (Å²) in [4.78, 5) is 35.2. The molecule has 0 aliphatic heterocycles. The number of nitro benzene ring substituents is 1. The number of nitro groups is 1. The number of methoxy groups -OCH3 is 1. The molecular weight excluding hydrogens is 240 g/mol. The fourth-order valence-electron chi connectivity index (χ4n) is 1.63. The van der Waals surface area contributed by atoms with Crippen molar-refractivity contribution in [2.75, 3.05) is 7.11 Å². The number of carbonyl (C=O) groups is 1. The number of nitrogens with one attached hydrogen (secondary N) is 1. The number of nitrogens with zero attached hydrogens (tertiary/aromatic N) is 1. The second-order valence-corrected chi connectivity index (χ2v) is 3.53. The second-order valence-electron chi connectivity index (χ2n) is 3.53. The van der Waals surface area contributed by atoms with Crippen molar-refractivity contribution in [3.8, 4) is 0 Å². The highest BCUT2D eigenvalue weighted by Gasteiger charge is 2.18. The van der Waals surface area contributed by atoms with Gasteiger partial charge in [-0.1, -0.05) is 0 Å². The molecule has 1 N–H and O–H groups in total. The van der Waals surface area contributed by atoms with Gasteiger partial charge in [-0.2, -0.15) is 0 Å². The largest absolute Gasteiger partial charge is 0.465 e. The Hall–Kier alpha value is -2.70. The topological polar surface area (TPSA) is 102 Å². The molecule has 2 rings (SSSR count). The van der Waals surface area contributed by atoms with E-state index in [-0.39, 0.29) is 16.8 Å². The molecule has 1 aromatic heterocycles. The van der Waals surface area contributed by atoms with Crippen molar-refractivity contribution in [3.05, 3.63) is 50.3 Å². The highest BCUT2D eigenvalue weighted by atomic mass is 16.6. The molecule has 0 unspecified atom stereocenters. The van der Waals surface area contributed by atoms with Crippen LogP contribution in [0, 0.1) is 10.1 Å². The van der Waals surface area contributed by atoms with Crippen molar-refractivity contribution >= 4 is 22.6 Å². The van der Waals surface area contributed by atoms with Crippen LogP contribution in [0.2, 0.25) is 0 Å². The summed E-state index contributed by atoms with van der Waals surface area (Å²) in [6, 6.07) is 5.13. The van der Waals surface area contributed by atoms with Crippen LogP contribution in [0.25, 0.3) is 10.9 Å². The number of benzene rings is 1. The molecular formula is C11H8N2O5. The summed E-state index contributed by atoms with van der Waals surface area (Å²) in [6.07, 6.45) is 0. The van der Waals surface area contributed by atoms with Crippen LogP contribution in [0.3, 0.4) is 0 Å². The fourth-order valence-corrected chi connectivity index (χ4v) is 1.63. The number of hydrogen-bond donors (Lipinski definition) is 1. The van der Waals surface area contributed by atoms with E-state index in [1.54, 1.807) is 0 Å². The van der Waals surface area contributed by atoms with E-state index in [2.05, 4.69) is 9.72 Å². The van der Waals surface area contributed by atoms with E-state index < -0.39 is 16.5 Å². The predicted octanol–water partition coefficient (Wildman–Crippen LogP) is 1.22. The summed E-state index contributed by atoms with van der Waals surface area (Å²) in [6.45, 7) is 0. The zero-order valence-electron chi connectivity index (χ0n) is 9.30. The number of hydrogen-bond acceptors (Lipinski definition) is 5. The van der Waals surface area contributed by atoms with Crippen molar-refractivity contribution in [2.45, 2.75) is 0 Å². The first-order valence-corrected chi connectivity index (χ1v) is 4.92. The number of aromatic nitrogens is 1. The Morgan fingerprint density at radius 1 is 1.39 bits per heavy atom. The Balaban J connectivity index is 2.82. The smallest absolute Gasteiger partial charge is 0.338 e. The summed E-state index contributed by atoms with van der Waals surface area (Å²) in [5.74, 6) is -0.675. The first-order chi connectivity index (χ1) is 8.52. The molecule has 0 radical (unpaired) electrons. The number of aromatic amines is 1. The van der Waals surface area contributed by atoms with Gasteiger partial charge in [0.2, 0.25) is 5.56 Å². The molecule has 0 aliphatic carbocycles. The number of non-ortho nitro benzene ring substituents is 1. The molecule has 0 amide bonds. The van der Waals surface area contributed by atoms with Gasteiger partial charge in [0, 0.05) is 17.5 Å². The van der Waals surface area contributed by atoms with E-state index in [1.807, 2.05) is 0 Å². The highest BCUT2D eigenvalue weighted by Crippen LogP contribution is 2.24. The molecule has 92 valence electrons. The zero-order valence-corrected chi connectivity index (χ0v) is 9.30. The standard InChI is InChI=1S/C11H8N2O5/c1-18-11(15)7-4-6-2-3-9(14)12-10(6)8(5-7)13(16)17/h2-5H,1H3,(H,12,14). The normalized spacial score (nSPS) is 10.3. The number of fused-ring (bicyclic) bond motifs is 1. The molecule has 18 heavy (non-hydrogen) atoms. The average molecular weight is 248 g/mol. The molecule has 7 heteroatoms. The quantitative estimate of drug-likeness (QED) is 0.489. The van der Waals surface area contributed by atoms with Crippen molar-refractivity contribution in [1.82, 2.24) is 4.98 Å². The molecule has 0 bridgehead atoms. The maximum absolute atomic E-state index is 11.4. The van der Waals surface area contributed by atoms with Crippen LogP contribution in [0.4, 0.5) is 5.69 Å². The van der Waals surface area contributed by atoms with Gasteiger partial charge in [-0.05, 0) is 12.1 Å². The minimum absolute atomic E-state index is 0.0590. The Morgan fingerprint density at radius 2 is 2.11 bits per heavy atom. The van der Waals surface area contributed by atoms with Crippen LogP contribution in [0.15, 0.2) is 29.1 Å². The monoisotopic (exact) mass is 248 g/mol. The molecule has 0 aliphatic rings. The third-order valence-electron chi connectivity index (χ3n) is 2.43. The second kappa shape index (κ2) is 4.28. The SMILES string of the molecule is COC(=O)c1cc([N+](=O)[O-])c2[nH]c(=O)ccc2c1. The van der Waals surface area contributed by atoms with E-state index >= 15 is 0 Å². The molecule has 0 spiro atoms. The van der Waals surface area contributed by atoms with Crippen molar-refractivity contribution in [1.29, 1.82) is 0 Å². The fraction of sp³-hybridized carbons (Fsp3) is 0.0909. The van der Waals surface area contributed by atoms with Gasteiger partial charge in [0.1, 0.15) is 5.52 Å². The van der Waals surface area contributed by atoms with E-state index in [4.69, 9.17) is 0 Å². The predicted molar refractivity (Wildman–Crippen MR) is 62.6 cm³/mol. The number of carbonyl (C=O) groups excluding carboxylic acids is 1. The average Bonchev–Trinajstić information content (AvgIpc) is 2.36. The lowest BCUT2D eigenvalue weighted by Gasteiger charge is -2.03. The van der Waals surface area contributed by atoms with E-state index in [9.17, 15) is 19.7 Å².